The fourth-order valence-electron chi connectivity index (χ4n) is 1.35. The maximum Gasteiger partial charge on any atom is 0.389 e. The summed E-state index contributed by atoms with van der Waals surface area (Å²) >= 11 is 0. The Morgan fingerprint density at radius 3 is 2.00 bits per heavy atom. The number of hydrogen-bond donors (Lipinski definition) is 1. The summed E-state index contributed by atoms with van der Waals surface area (Å²) in [6.07, 6.45) is -7.29. The third-order valence-electron chi connectivity index (χ3n) is 2.30. The van der Waals surface area contributed by atoms with Gasteiger partial charge in [-0.1, -0.05) is 13.8 Å². The summed E-state index contributed by atoms with van der Waals surface area (Å²) in [5, 5.41) is 0. The molecule has 86 valence electrons. The molecule has 0 saturated heterocycles. The third kappa shape index (κ3) is 5.42. The Morgan fingerprint density at radius 2 is 1.71 bits per heavy atom. The number of alkyl halides is 4. The van der Waals surface area contributed by atoms with Crippen molar-refractivity contribution >= 4 is 0 Å². The lowest BCUT2D eigenvalue weighted by atomic mass is 9.89. The van der Waals surface area contributed by atoms with E-state index in [4.69, 9.17) is 5.73 Å². The number of nitrogens with two attached hydrogens (primary N) is 1. The van der Waals surface area contributed by atoms with Crippen LogP contribution in [0.5, 0.6) is 0 Å². The predicted molar refractivity (Wildman–Crippen MR) is 47.6 cm³/mol. The van der Waals surface area contributed by atoms with Crippen LogP contribution in [0.3, 0.4) is 0 Å². The molecule has 0 amide bonds. The Labute approximate surface area is 81.7 Å². The molecule has 5 heteroatoms. The van der Waals surface area contributed by atoms with E-state index in [0.717, 1.165) is 0 Å². The number of halogens is 4. The quantitative estimate of drug-likeness (QED) is 0.701. The molecule has 0 spiro atoms. The van der Waals surface area contributed by atoms with Gasteiger partial charge in [0.1, 0.15) is 6.17 Å². The molecular weight excluding hydrogens is 198 g/mol. The Balaban J connectivity index is 3.99. The molecule has 0 bridgehead atoms. The third-order valence-corrected chi connectivity index (χ3v) is 2.30. The van der Waals surface area contributed by atoms with Crippen LogP contribution in [0.15, 0.2) is 0 Å². The van der Waals surface area contributed by atoms with Gasteiger partial charge < -0.3 is 5.73 Å². The Bertz CT molecular complexity index is 155. The zero-order valence-electron chi connectivity index (χ0n) is 8.44. The van der Waals surface area contributed by atoms with Crippen LogP contribution in [-0.4, -0.2) is 18.9 Å². The van der Waals surface area contributed by atoms with Crippen LogP contribution in [0.2, 0.25) is 0 Å². The van der Waals surface area contributed by atoms with Crippen molar-refractivity contribution in [3.8, 4) is 0 Å². The highest BCUT2D eigenvalue weighted by molar-refractivity contribution is 4.74. The van der Waals surface area contributed by atoms with Crippen LogP contribution in [0.1, 0.15) is 26.7 Å². The second kappa shape index (κ2) is 5.53. The lowest BCUT2D eigenvalue weighted by Gasteiger charge is -2.23. The lowest BCUT2D eigenvalue weighted by Crippen LogP contribution is -2.30. The first kappa shape index (κ1) is 13.7. The van der Waals surface area contributed by atoms with E-state index in [1.165, 1.54) is 0 Å². The molecule has 0 rings (SSSR count). The highest BCUT2D eigenvalue weighted by Crippen LogP contribution is 2.27. The van der Waals surface area contributed by atoms with Gasteiger partial charge in [-0.25, -0.2) is 4.39 Å². The van der Waals surface area contributed by atoms with E-state index in [1.807, 2.05) is 0 Å². The molecule has 0 aliphatic rings. The van der Waals surface area contributed by atoms with Gasteiger partial charge in [0.15, 0.2) is 0 Å². The van der Waals surface area contributed by atoms with E-state index < -0.39 is 31.1 Å². The van der Waals surface area contributed by atoms with Gasteiger partial charge in [0.2, 0.25) is 0 Å². The summed E-state index contributed by atoms with van der Waals surface area (Å²) < 4.78 is 48.6. The van der Waals surface area contributed by atoms with Crippen molar-refractivity contribution < 1.29 is 17.6 Å². The van der Waals surface area contributed by atoms with Crippen LogP contribution in [-0.2, 0) is 0 Å². The van der Waals surface area contributed by atoms with Gasteiger partial charge in [-0.05, 0) is 18.9 Å². The average Bonchev–Trinajstić information content (AvgIpc) is 2.00. The lowest BCUT2D eigenvalue weighted by molar-refractivity contribution is -0.139. The second-order valence-electron chi connectivity index (χ2n) is 3.81. The van der Waals surface area contributed by atoms with Crippen molar-refractivity contribution in [3.05, 3.63) is 0 Å². The van der Waals surface area contributed by atoms with Gasteiger partial charge in [0, 0.05) is 12.3 Å². The van der Waals surface area contributed by atoms with Crippen molar-refractivity contribution in [1.29, 1.82) is 0 Å². The highest BCUT2D eigenvalue weighted by Gasteiger charge is 2.31. The minimum atomic E-state index is -4.28. The van der Waals surface area contributed by atoms with Crippen LogP contribution in [0.25, 0.3) is 0 Å². The van der Waals surface area contributed by atoms with E-state index >= 15 is 0 Å². The van der Waals surface area contributed by atoms with Crippen molar-refractivity contribution in [2.24, 2.45) is 17.6 Å². The fourth-order valence-corrected chi connectivity index (χ4v) is 1.35. The van der Waals surface area contributed by atoms with E-state index in [-0.39, 0.29) is 12.5 Å². The first-order valence-corrected chi connectivity index (χ1v) is 4.68. The largest absolute Gasteiger partial charge is 0.389 e. The Morgan fingerprint density at radius 1 is 1.21 bits per heavy atom. The smallest absolute Gasteiger partial charge is 0.330 e. The minimum absolute atomic E-state index is 0.0248. The van der Waals surface area contributed by atoms with E-state index in [2.05, 4.69) is 0 Å². The van der Waals surface area contributed by atoms with Crippen LogP contribution < -0.4 is 5.73 Å². The molecule has 1 nitrogen and oxygen atoms in total. The van der Waals surface area contributed by atoms with Crippen LogP contribution in [0, 0.1) is 11.8 Å². The standard InChI is InChI=1S/C9H17F4N/c1-6(2)7(5-14)8(10)3-4-9(11,12)13/h6-8H,3-5,14H2,1-2H3. The molecule has 0 aliphatic carbocycles. The molecule has 0 aliphatic heterocycles. The fraction of sp³-hybridized carbons (Fsp3) is 1.00. The Hall–Kier alpha value is -0.320. The molecule has 0 aromatic carbocycles. The highest BCUT2D eigenvalue weighted by atomic mass is 19.4. The minimum Gasteiger partial charge on any atom is -0.330 e. The van der Waals surface area contributed by atoms with Crippen molar-refractivity contribution in [2.45, 2.75) is 39.0 Å². The molecule has 2 atom stereocenters. The van der Waals surface area contributed by atoms with Gasteiger partial charge in [-0.3, -0.25) is 0 Å². The SMILES string of the molecule is CC(C)C(CN)C(F)CCC(F)(F)F. The maximum atomic E-state index is 13.3. The monoisotopic (exact) mass is 215 g/mol. The summed E-state index contributed by atoms with van der Waals surface area (Å²) in [4.78, 5) is 0. The maximum absolute atomic E-state index is 13.3. The zero-order chi connectivity index (χ0) is 11.4. The summed E-state index contributed by atoms with van der Waals surface area (Å²) in [5.74, 6) is -0.499. The van der Waals surface area contributed by atoms with Crippen LogP contribution >= 0.6 is 0 Å². The van der Waals surface area contributed by atoms with Gasteiger partial charge >= 0.3 is 6.18 Å². The van der Waals surface area contributed by atoms with Gasteiger partial charge in [0.25, 0.3) is 0 Å². The van der Waals surface area contributed by atoms with Gasteiger partial charge in [-0.2, -0.15) is 13.2 Å². The van der Waals surface area contributed by atoms with Crippen molar-refractivity contribution in [1.82, 2.24) is 0 Å². The first-order chi connectivity index (χ1) is 6.28. The van der Waals surface area contributed by atoms with Gasteiger partial charge in [-0.15, -0.1) is 0 Å². The topological polar surface area (TPSA) is 26.0 Å². The normalized spacial score (nSPS) is 17.1. The summed E-state index contributed by atoms with van der Waals surface area (Å²) in [6, 6.07) is 0. The summed E-state index contributed by atoms with van der Waals surface area (Å²) in [5.41, 5.74) is 5.29. The number of rotatable bonds is 5. The molecule has 0 aromatic rings. The predicted octanol–water partition coefficient (Wildman–Crippen LogP) is 2.90. The van der Waals surface area contributed by atoms with E-state index in [0.29, 0.717) is 0 Å². The molecule has 14 heavy (non-hydrogen) atoms. The summed E-state index contributed by atoms with van der Waals surface area (Å²) in [6.45, 7) is 3.62. The molecule has 0 radical (unpaired) electrons. The second-order valence-corrected chi connectivity index (χ2v) is 3.81. The number of hydrogen-bond acceptors (Lipinski definition) is 1. The molecule has 0 aromatic heterocycles. The van der Waals surface area contributed by atoms with Gasteiger partial charge in [0.05, 0.1) is 0 Å². The summed E-state index contributed by atoms with van der Waals surface area (Å²) in [7, 11) is 0. The molecule has 0 heterocycles. The first-order valence-electron chi connectivity index (χ1n) is 4.68. The zero-order valence-corrected chi connectivity index (χ0v) is 8.44. The Kier molecular flexibility index (Phi) is 5.41. The average molecular weight is 215 g/mol. The van der Waals surface area contributed by atoms with E-state index in [9.17, 15) is 17.6 Å². The molecule has 2 N–H and O–H groups in total. The van der Waals surface area contributed by atoms with Crippen LogP contribution in [0.4, 0.5) is 17.6 Å². The molecular formula is C9H17F4N. The van der Waals surface area contributed by atoms with Crippen molar-refractivity contribution in [3.63, 3.8) is 0 Å². The molecule has 0 saturated carbocycles. The molecule has 0 fully saturated rings. The molecule has 2 unspecified atom stereocenters. The van der Waals surface area contributed by atoms with Crippen molar-refractivity contribution in [2.75, 3.05) is 6.54 Å². The van der Waals surface area contributed by atoms with E-state index in [1.54, 1.807) is 13.8 Å².